The van der Waals surface area contributed by atoms with Crippen molar-refractivity contribution >= 4 is 17.5 Å². The van der Waals surface area contributed by atoms with Crippen molar-refractivity contribution in [2.75, 3.05) is 38.0 Å². The van der Waals surface area contributed by atoms with Gasteiger partial charge in [0.1, 0.15) is 17.4 Å². The molecule has 0 atom stereocenters. The van der Waals surface area contributed by atoms with Crippen LogP contribution in [0.1, 0.15) is 10.6 Å². The molecule has 0 unspecified atom stereocenters. The number of carbonyl (C=O) groups is 2. The molecule has 1 N–H and O–H groups in total. The first-order valence-electron chi connectivity index (χ1n) is 9.91. The third-order valence-electron chi connectivity index (χ3n) is 5.09. The highest BCUT2D eigenvalue weighted by Crippen LogP contribution is 2.25. The molecule has 1 aromatic heterocycles. The number of nitrogens with zero attached hydrogens (tertiary/aromatic N) is 2. The summed E-state index contributed by atoms with van der Waals surface area (Å²) in [7, 11) is 0. The van der Waals surface area contributed by atoms with Gasteiger partial charge in [-0.1, -0.05) is 18.2 Å². The van der Waals surface area contributed by atoms with Gasteiger partial charge in [-0.3, -0.25) is 14.5 Å². The van der Waals surface area contributed by atoms with Crippen LogP contribution in [0.4, 0.5) is 14.5 Å². The van der Waals surface area contributed by atoms with Crippen molar-refractivity contribution in [1.29, 1.82) is 0 Å². The summed E-state index contributed by atoms with van der Waals surface area (Å²) in [6.45, 7) is 2.05. The van der Waals surface area contributed by atoms with E-state index in [1.165, 1.54) is 24.3 Å². The van der Waals surface area contributed by atoms with E-state index in [0.29, 0.717) is 43.2 Å². The maximum Gasteiger partial charge on any atom is 0.289 e. The molecule has 3 aromatic rings. The summed E-state index contributed by atoms with van der Waals surface area (Å²) in [4.78, 5) is 28.5. The molecular weight excluding hydrogens is 404 g/mol. The Kier molecular flexibility index (Phi) is 6.08. The molecule has 1 saturated heterocycles. The first-order valence-corrected chi connectivity index (χ1v) is 9.91. The van der Waals surface area contributed by atoms with Crippen molar-refractivity contribution < 1.29 is 22.8 Å². The van der Waals surface area contributed by atoms with Gasteiger partial charge in [0.05, 0.1) is 12.1 Å². The zero-order valence-electron chi connectivity index (χ0n) is 16.7. The molecule has 8 heteroatoms. The fourth-order valence-electron chi connectivity index (χ4n) is 3.49. The van der Waals surface area contributed by atoms with Gasteiger partial charge < -0.3 is 14.6 Å². The Balaban J connectivity index is 1.30. The first kappa shape index (κ1) is 20.7. The number of anilines is 1. The summed E-state index contributed by atoms with van der Waals surface area (Å²) in [6, 6.07) is 15.1. The summed E-state index contributed by atoms with van der Waals surface area (Å²) in [5, 5.41) is 2.67. The van der Waals surface area contributed by atoms with Gasteiger partial charge in [-0.25, -0.2) is 8.78 Å². The van der Waals surface area contributed by atoms with Crippen molar-refractivity contribution in [3.8, 4) is 11.3 Å². The molecule has 0 aliphatic carbocycles. The number of furan rings is 1. The number of nitrogens with one attached hydrogen (secondary N) is 1. The van der Waals surface area contributed by atoms with Gasteiger partial charge in [-0.05, 0) is 42.5 Å². The van der Waals surface area contributed by atoms with Crippen LogP contribution in [0.2, 0.25) is 0 Å². The van der Waals surface area contributed by atoms with Crippen LogP contribution in [-0.4, -0.2) is 54.3 Å². The fraction of sp³-hybridized carbons (Fsp3) is 0.217. The predicted molar refractivity (Wildman–Crippen MR) is 111 cm³/mol. The largest absolute Gasteiger partial charge is 0.451 e. The second-order valence-electron chi connectivity index (χ2n) is 7.27. The summed E-state index contributed by atoms with van der Waals surface area (Å²) in [5.41, 5.74) is 0.706. The van der Waals surface area contributed by atoms with Crippen molar-refractivity contribution in [1.82, 2.24) is 9.80 Å². The summed E-state index contributed by atoms with van der Waals surface area (Å²) >= 11 is 0. The number of rotatable bonds is 5. The van der Waals surface area contributed by atoms with E-state index in [2.05, 4.69) is 5.32 Å². The topological polar surface area (TPSA) is 65.8 Å². The Hall–Kier alpha value is -3.52. The normalized spacial score (nSPS) is 14.5. The molecule has 31 heavy (non-hydrogen) atoms. The van der Waals surface area contributed by atoms with E-state index in [-0.39, 0.29) is 24.1 Å². The predicted octanol–water partition coefficient (Wildman–Crippen LogP) is 3.62. The van der Waals surface area contributed by atoms with Gasteiger partial charge in [-0.15, -0.1) is 0 Å². The molecule has 2 heterocycles. The van der Waals surface area contributed by atoms with E-state index < -0.39 is 11.6 Å². The van der Waals surface area contributed by atoms with Gasteiger partial charge in [0.25, 0.3) is 5.91 Å². The Labute approximate surface area is 178 Å². The zero-order chi connectivity index (χ0) is 21.8. The van der Waals surface area contributed by atoms with Crippen LogP contribution < -0.4 is 5.32 Å². The average molecular weight is 425 g/mol. The molecule has 1 aliphatic rings. The van der Waals surface area contributed by atoms with E-state index in [0.717, 1.165) is 0 Å². The lowest BCUT2D eigenvalue weighted by Gasteiger charge is -2.33. The average Bonchev–Trinajstić information content (AvgIpc) is 3.24. The summed E-state index contributed by atoms with van der Waals surface area (Å²) in [5.74, 6) is -0.899. The number of hydrogen-bond acceptors (Lipinski definition) is 4. The highest BCUT2D eigenvalue weighted by Gasteiger charge is 2.25. The molecule has 2 amide bonds. The van der Waals surface area contributed by atoms with Crippen LogP contribution in [-0.2, 0) is 4.79 Å². The number of carbonyl (C=O) groups excluding carboxylic acids is 2. The monoisotopic (exact) mass is 425 g/mol. The van der Waals surface area contributed by atoms with E-state index in [9.17, 15) is 18.4 Å². The first-order chi connectivity index (χ1) is 15.0. The van der Waals surface area contributed by atoms with Crippen LogP contribution >= 0.6 is 0 Å². The Morgan fingerprint density at radius 2 is 1.71 bits per heavy atom. The molecule has 0 radical (unpaired) electrons. The number of amides is 2. The lowest BCUT2D eigenvalue weighted by molar-refractivity contribution is -0.117. The molecule has 1 aliphatic heterocycles. The van der Waals surface area contributed by atoms with Gasteiger partial charge in [-0.2, -0.15) is 0 Å². The molecule has 2 aromatic carbocycles. The van der Waals surface area contributed by atoms with Gasteiger partial charge in [0, 0.05) is 31.9 Å². The fourth-order valence-corrected chi connectivity index (χ4v) is 3.49. The number of piperazine rings is 1. The molecule has 0 spiro atoms. The van der Waals surface area contributed by atoms with Crippen molar-refractivity contribution in [3.05, 3.63) is 78.1 Å². The maximum absolute atomic E-state index is 13.9. The Morgan fingerprint density at radius 3 is 2.45 bits per heavy atom. The van der Waals surface area contributed by atoms with E-state index in [1.807, 2.05) is 4.90 Å². The second-order valence-corrected chi connectivity index (χ2v) is 7.27. The van der Waals surface area contributed by atoms with Crippen LogP contribution in [0.25, 0.3) is 11.3 Å². The maximum atomic E-state index is 13.9. The molecule has 4 rings (SSSR count). The molecule has 0 bridgehead atoms. The van der Waals surface area contributed by atoms with E-state index >= 15 is 0 Å². The standard InChI is InChI=1S/C23H21F2N3O3/c24-16-4-3-5-17(14-16)26-22(29)15-27-10-12-28(13-11-27)23(30)21-9-8-20(31-21)18-6-1-2-7-19(18)25/h1-9,14H,10-13,15H2,(H,26,29). The zero-order valence-corrected chi connectivity index (χ0v) is 16.7. The minimum atomic E-state index is -0.416. The second kappa shape index (κ2) is 9.09. The third-order valence-corrected chi connectivity index (χ3v) is 5.09. The highest BCUT2D eigenvalue weighted by atomic mass is 19.1. The van der Waals surface area contributed by atoms with Crippen LogP contribution in [0.15, 0.2) is 65.1 Å². The number of hydrogen-bond donors (Lipinski definition) is 1. The highest BCUT2D eigenvalue weighted by molar-refractivity contribution is 5.93. The summed E-state index contributed by atoms with van der Waals surface area (Å²) in [6.07, 6.45) is 0. The van der Waals surface area contributed by atoms with Crippen molar-refractivity contribution in [2.24, 2.45) is 0 Å². The van der Waals surface area contributed by atoms with Gasteiger partial charge in [0.15, 0.2) is 5.76 Å². The quantitative estimate of drug-likeness (QED) is 0.678. The molecular formula is C23H21F2N3O3. The summed E-state index contributed by atoms with van der Waals surface area (Å²) < 4.78 is 32.8. The number of halogens is 2. The Morgan fingerprint density at radius 1 is 0.935 bits per heavy atom. The van der Waals surface area contributed by atoms with Crippen LogP contribution in [0.3, 0.4) is 0 Å². The van der Waals surface area contributed by atoms with Gasteiger partial charge >= 0.3 is 0 Å². The Bertz CT molecular complexity index is 1090. The van der Waals surface area contributed by atoms with Crippen molar-refractivity contribution in [3.63, 3.8) is 0 Å². The smallest absolute Gasteiger partial charge is 0.289 e. The molecule has 160 valence electrons. The lowest BCUT2D eigenvalue weighted by Crippen LogP contribution is -2.50. The minimum absolute atomic E-state index is 0.149. The van der Waals surface area contributed by atoms with E-state index in [4.69, 9.17) is 4.42 Å². The van der Waals surface area contributed by atoms with E-state index in [1.54, 1.807) is 41.3 Å². The van der Waals surface area contributed by atoms with Gasteiger partial charge in [0.2, 0.25) is 5.91 Å². The molecule has 1 fully saturated rings. The lowest BCUT2D eigenvalue weighted by atomic mass is 10.1. The number of benzene rings is 2. The molecule has 6 nitrogen and oxygen atoms in total. The molecule has 0 saturated carbocycles. The minimum Gasteiger partial charge on any atom is -0.451 e. The van der Waals surface area contributed by atoms with Crippen LogP contribution in [0, 0.1) is 11.6 Å². The van der Waals surface area contributed by atoms with Crippen LogP contribution in [0.5, 0.6) is 0 Å². The van der Waals surface area contributed by atoms with Crippen molar-refractivity contribution in [2.45, 2.75) is 0 Å². The third kappa shape index (κ3) is 4.97. The SMILES string of the molecule is O=C(CN1CCN(C(=O)c2ccc(-c3ccccc3F)o2)CC1)Nc1cccc(F)c1.